The van der Waals surface area contributed by atoms with Crippen LogP contribution in [0.5, 0.6) is 11.5 Å². The Kier molecular flexibility index (Phi) is 6.65. The van der Waals surface area contributed by atoms with Crippen molar-refractivity contribution in [2.45, 2.75) is 52.9 Å². The molecule has 0 N–H and O–H groups in total. The number of aromatic nitrogens is 2. The molecule has 4 rings (SSSR count). The lowest BCUT2D eigenvalue weighted by atomic mass is 10.1. The summed E-state index contributed by atoms with van der Waals surface area (Å²) in [6, 6.07) is 10.8. The van der Waals surface area contributed by atoms with E-state index in [4.69, 9.17) is 25.3 Å². The lowest BCUT2D eigenvalue weighted by molar-refractivity contribution is 0.0225. The van der Waals surface area contributed by atoms with Gasteiger partial charge in [0.25, 0.3) is 5.89 Å². The summed E-state index contributed by atoms with van der Waals surface area (Å²) in [5.41, 5.74) is 2.02. The van der Waals surface area contributed by atoms with Crippen molar-refractivity contribution in [2.24, 2.45) is 0 Å². The summed E-state index contributed by atoms with van der Waals surface area (Å²) in [7, 11) is 0. The standard InChI is InChI=1S/C26H28N4O5/c1-16(2)33-21-10-9-18(13-20(21)27-6)24-28-23(29-35-24)17-7-8-19-15-30(11-12-32-22(19)14-17)25(31)34-26(3,4)5/h7-10,13-14,16H,11-12,15H2,1-5H3. The van der Waals surface area contributed by atoms with Gasteiger partial charge < -0.3 is 23.6 Å². The van der Waals surface area contributed by atoms with Crippen molar-refractivity contribution in [3.05, 3.63) is 53.4 Å². The van der Waals surface area contributed by atoms with E-state index in [-0.39, 0.29) is 12.2 Å². The van der Waals surface area contributed by atoms with E-state index in [0.29, 0.717) is 54.2 Å². The zero-order valence-corrected chi connectivity index (χ0v) is 20.5. The van der Waals surface area contributed by atoms with Crippen LogP contribution in [0.3, 0.4) is 0 Å². The summed E-state index contributed by atoms with van der Waals surface area (Å²) in [5, 5.41) is 4.11. The van der Waals surface area contributed by atoms with Crippen LogP contribution in [0.15, 0.2) is 40.9 Å². The molecule has 0 saturated heterocycles. The number of carbonyl (C=O) groups excluding carboxylic acids is 1. The second-order valence-corrected chi connectivity index (χ2v) is 9.46. The molecule has 0 saturated carbocycles. The van der Waals surface area contributed by atoms with E-state index >= 15 is 0 Å². The molecule has 2 aromatic carbocycles. The molecule has 0 atom stereocenters. The summed E-state index contributed by atoms with van der Waals surface area (Å²) < 4.78 is 22.6. The zero-order chi connectivity index (χ0) is 25.2. The number of hydrogen-bond donors (Lipinski definition) is 0. The fraction of sp³-hybridized carbons (Fsp3) is 0.385. The summed E-state index contributed by atoms with van der Waals surface area (Å²) in [6.45, 7) is 17.9. The first kappa shape index (κ1) is 24.1. The molecule has 9 heteroatoms. The first-order valence-electron chi connectivity index (χ1n) is 11.4. The minimum Gasteiger partial charge on any atom is -0.502 e. The normalized spacial score (nSPS) is 13.5. The molecule has 0 aliphatic carbocycles. The van der Waals surface area contributed by atoms with Crippen LogP contribution in [0, 0.1) is 6.57 Å². The van der Waals surface area contributed by atoms with Gasteiger partial charge in [-0.1, -0.05) is 17.3 Å². The van der Waals surface area contributed by atoms with Crippen molar-refractivity contribution in [2.75, 3.05) is 13.2 Å². The Labute approximate surface area is 204 Å². The van der Waals surface area contributed by atoms with Gasteiger partial charge in [0.15, 0.2) is 0 Å². The summed E-state index contributed by atoms with van der Waals surface area (Å²) >= 11 is 0. The Bertz CT molecular complexity index is 1270. The maximum atomic E-state index is 12.5. The second kappa shape index (κ2) is 9.66. The number of carbonyl (C=O) groups is 1. The van der Waals surface area contributed by atoms with Gasteiger partial charge in [-0.3, -0.25) is 0 Å². The molecule has 0 spiro atoms. The highest BCUT2D eigenvalue weighted by Crippen LogP contribution is 2.34. The third kappa shape index (κ3) is 5.72. The van der Waals surface area contributed by atoms with Gasteiger partial charge in [0.1, 0.15) is 23.7 Å². The van der Waals surface area contributed by atoms with E-state index < -0.39 is 5.60 Å². The van der Waals surface area contributed by atoms with Crippen molar-refractivity contribution in [3.63, 3.8) is 0 Å². The van der Waals surface area contributed by atoms with E-state index in [1.54, 1.807) is 23.1 Å². The van der Waals surface area contributed by atoms with Crippen LogP contribution in [0.25, 0.3) is 27.7 Å². The molecule has 9 nitrogen and oxygen atoms in total. The van der Waals surface area contributed by atoms with Crippen molar-refractivity contribution >= 4 is 11.8 Å². The van der Waals surface area contributed by atoms with Crippen LogP contribution >= 0.6 is 0 Å². The van der Waals surface area contributed by atoms with E-state index in [1.807, 2.05) is 52.8 Å². The van der Waals surface area contributed by atoms with Crippen LogP contribution in [0.2, 0.25) is 0 Å². The molecule has 35 heavy (non-hydrogen) atoms. The third-order valence-electron chi connectivity index (χ3n) is 5.07. The predicted molar refractivity (Wildman–Crippen MR) is 129 cm³/mol. The van der Waals surface area contributed by atoms with Crippen LogP contribution in [0.4, 0.5) is 10.5 Å². The number of fused-ring (bicyclic) bond motifs is 1. The first-order valence-corrected chi connectivity index (χ1v) is 11.4. The molecule has 182 valence electrons. The van der Waals surface area contributed by atoms with Gasteiger partial charge in [0.2, 0.25) is 11.5 Å². The van der Waals surface area contributed by atoms with E-state index in [2.05, 4.69) is 15.0 Å². The third-order valence-corrected chi connectivity index (χ3v) is 5.07. The first-order chi connectivity index (χ1) is 16.6. The van der Waals surface area contributed by atoms with Crippen LogP contribution in [0.1, 0.15) is 40.2 Å². The fourth-order valence-corrected chi connectivity index (χ4v) is 3.54. The zero-order valence-electron chi connectivity index (χ0n) is 20.5. The van der Waals surface area contributed by atoms with E-state index in [1.165, 1.54) is 0 Å². The summed E-state index contributed by atoms with van der Waals surface area (Å²) in [5.74, 6) is 1.87. The van der Waals surface area contributed by atoms with Gasteiger partial charge in [-0.2, -0.15) is 4.98 Å². The van der Waals surface area contributed by atoms with Crippen molar-refractivity contribution in [1.29, 1.82) is 0 Å². The monoisotopic (exact) mass is 476 g/mol. The smallest absolute Gasteiger partial charge is 0.410 e. The lowest BCUT2D eigenvalue weighted by Crippen LogP contribution is -2.37. The number of benzene rings is 2. The minimum absolute atomic E-state index is 0.0389. The molecule has 0 radical (unpaired) electrons. The maximum absolute atomic E-state index is 12.5. The molecule has 1 aliphatic rings. The molecule has 3 aromatic rings. The largest absolute Gasteiger partial charge is 0.502 e. The molecule has 0 unspecified atom stereocenters. The highest BCUT2D eigenvalue weighted by Gasteiger charge is 2.25. The Hall–Kier alpha value is -4.06. The van der Waals surface area contributed by atoms with Crippen molar-refractivity contribution in [3.8, 4) is 34.3 Å². The van der Waals surface area contributed by atoms with Crippen molar-refractivity contribution in [1.82, 2.24) is 15.0 Å². The number of nitrogens with zero attached hydrogens (tertiary/aromatic N) is 4. The fourth-order valence-electron chi connectivity index (χ4n) is 3.54. The van der Waals surface area contributed by atoms with Gasteiger partial charge >= 0.3 is 6.09 Å². The lowest BCUT2D eigenvalue weighted by Gasteiger charge is -2.26. The quantitative estimate of drug-likeness (QED) is 0.435. The molecule has 1 aliphatic heterocycles. The molecule has 2 heterocycles. The highest BCUT2D eigenvalue weighted by molar-refractivity contribution is 5.70. The topological polar surface area (TPSA) is 91.3 Å². The molecular formula is C26H28N4O5. The average molecular weight is 477 g/mol. The van der Waals surface area contributed by atoms with Gasteiger partial charge in [-0.25, -0.2) is 9.64 Å². The molecule has 1 amide bonds. The molecular weight excluding hydrogens is 448 g/mol. The Morgan fingerprint density at radius 1 is 1.17 bits per heavy atom. The summed E-state index contributed by atoms with van der Waals surface area (Å²) in [6.07, 6.45) is -0.410. The average Bonchev–Trinajstić information content (AvgIpc) is 3.18. The summed E-state index contributed by atoms with van der Waals surface area (Å²) in [4.78, 5) is 22.2. The molecule has 1 aromatic heterocycles. The number of rotatable bonds is 4. The van der Waals surface area contributed by atoms with Gasteiger partial charge in [-0.15, -0.1) is 0 Å². The highest BCUT2D eigenvalue weighted by atomic mass is 16.6. The molecule has 0 bridgehead atoms. The number of hydrogen-bond acceptors (Lipinski definition) is 7. The van der Waals surface area contributed by atoms with Gasteiger partial charge in [0.05, 0.1) is 25.8 Å². The van der Waals surface area contributed by atoms with Crippen LogP contribution in [-0.2, 0) is 11.3 Å². The maximum Gasteiger partial charge on any atom is 0.410 e. The Balaban J connectivity index is 1.55. The van der Waals surface area contributed by atoms with Crippen LogP contribution < -0.4 is 9.47 Å². The number of ether oxygens (including phenoxy) is 3. The molecule has 0 fully saturated rings. The van der Waals surface area contributed by atoms with Gasteiger partial charge in [0, 0.05) is 16.7 Å². The SMILES string of the molecule is [C-]#[N+]c1cc(-c2nc(-c3ccc4c(c3)OCCN(C(=O)OC(C)(C)C)C4)no2)ccc1OC(C)C. The van der Waals surface area contributed by atoms with E-state index in [9.17, 15) is 4.79 Å². The number of amides is 1. The van der Waals surface area contributed by atoms with Gasteiger partial charge in [-0.05, 0) is 58.9 Å². The second-order valence-electron chi connectivity index (χ2n) is 9.46. The van der Waals surface area contributed by atoms with Crippen molar-refractivity contribution < 1.29 is 23.5 Å². The minimum atomic E-state index is -0.565. The van der Waals surface area contributed by atoms with E-state index in [0.717, 1.165) is 11.1 Å². The Morgan fingerprint density at radius 2 is 1.94 bits per heavy atom. The Morgan fingerprint density at radius 3 is 2.66 bits per heavy atom. The van der Waals surface area contributed by atoms with Crippen LogP contribution in [-0.4, -0.2) is 46.0 Å². The predicted octanol–water partition coefficient (Wildman–Crippen LogP) is 5.87.